The number of nitrogen functional groups attached to an aromatic ring is 1. The smallest absolute Gasteiger partial charge is 0.0314 e. The second kappa shape index (κ2) is 6.83. The summed E-state index contributed by atoms with van der Waals surface area (Å²) in [6.45, 7) is 11.7. The minimum Gasteiger partial charge on any atom is -0.399 e. The fourth-order valence-electron chi connectivity index (χ4n) is 3.61. The van der Waals surface area contributed by atoms with Crippen LogP contribution in [0.3, 0.4) is 0 Å². The summed E-state index contributed by atoms with van der Waals surface area (Å²) in [4.78, 5) is 2.74. The lowest BCUT2D eigenvalue weighted by molar-refractivity contribution is 0.145. The summed E-state index contributed by atoms with van der Waals surface area (Å²) < 4.78 is 0. The molecule has 0 amide bonds. The Labute approximate surface area is 130 Å². The number of nitrogens with two attached hydrogens (primary N) is 1. The van der Waals surface area contributed by atoms with E-state index < -0.39 is 0 Å². The minimum atomic E-state index is 0.172. The molecular formula is C19H32N2. The van der Waals surface area contributed by atoms with E-state index in [9.17, 15) is 0 Å². The molecule has 0 bridgehead atoms. The van der Waals surface area contributed by atoms with Crippen molar-refractivity contribution in [2.24, 2.45) is 5.92 Å². The number of benzene rings is 1. The number of hydrogen-bond donors (Lipinski definition) is 1. The Morgan fingerprint density at radius 1 is 1.14 bits per heavy atom. The third-order valence-corrected chi connectivity index (χ3v) is 4.73. The van der Waals surface area contributed by atoms with E-state index in [4.69, 9.17) is 5.73 Å². The fourth-order valence-corrected chi connectivity index (χ4v) is 3.61. The number of anilines is 1. The van der Waals surface area contributed by atoms with Gasteiger partial charge in [-0.25, -0.2) is 0 Å². The zero-order chi connectivity index (χ0) is 15.5. The Bertz CT molecular complexity index is 427. The molecule has 0 aromatic heterocycles. The van der Waals surface area contributed by atoms with Gasteiger partial charge < -0.3 is 5.73 Å². The van der Waals surface area contributed by atoms with Crippen molar-refractivity contribution in [2.45, 2.75) is 64.8 Å². The van der Waals surface area contributed by atoms with Gasteiger partial charge in [0, 0.05) is 30.2 Å². The summed E-state index contributed by atoms with van der Waals surface area (Å²) in [6.07, 6.45) is 5.57. The first-order chi connectivity index (χ1) is 9.88. The molecular weight excluding hydrogens is 256 g/mol. The molecule has 0 unspecified atom stereocenters. The molecule has 0 atom stereocenters. The summed E-state index contributed by atoms with van der Waals surface area (Å²) in [5.74, 6) is 0.729. The van der Waals surface area contributed by atoms with Gasteiger partial charge in [0.2, 0.25) is 0 Å². The van der Waals surface area contributed by atoms with Crippen molar-refractivity contribution in [1.82, 2.24) is 4.90 Å². The van der Waals surface area contributed by atoms with Crippen LogP contribution in [0.4, 0.5) is 5.69 Å². The van der Waals surface area contributed by atoms with Gasteiger partial charge in [0.15, 0.2) is 0 Å². The number of rotatable bonds is 6. The quantitative estimate of drug-likeness (QED) is 0.784. The molecule has 1 fully saturated rings. The molecule has 1 aliphatic rings. The minimum absolute atomic E-state index is 0.172. The van der Waals surface area contributed by atoms with Crippen molar-refractivity contribution in [3.8, 4) is 0 Å². The average Bonchev–Trinajstić information content (AvgIpc) is 2.91. The summed E-state index contributed by atoms with van der Waals surface area (Å²) in [5.41, 5.74) is 8.24. The molecule has 2 rings (SSSR count). The van der Waals surface area contributed by atoms with E-state index in [0.717, 1.165) is 24.2 Å². The molecule has 2 nitrogen and oxygen atoms in total. The lowest BCUT2D eigenvalue weighted by Gasteiger charge is -2.38. The van der Waals surface area contributed by atoms with Gasteiger partial charge in [-0.15, -0.1) is 0 Å². The maximum Gasteiger partial charge on any atom is 0.0314 e. The van der Waals surface area contributed by atoms with E-state index in [1.807, 2.05) is 12.1 Å². The molecule has 0 heterocycles. The summed E-state index contributed by atoms with van der Waals surface area (Å²) in [5, 5.41) is 0. The second-order valence-electron chi connectivity index (χ2n) is 7.77. The normalized spacial score (nSPS) is 17.0. The second-order valence-corrected chi connectivity index (χ2v) is 7.77. The molecule has 1 aromatic carbocycles. The highest BCUT2D eigenvalue weighted by Gasteiger charge is 2.29. The van der Waals surface area contributed by atoms with Gasteiger partial charge in [0.05, 0.1) is 0 Å². The van der Waals surface area contributed by atoms with Crippen LogP contribution in [0.5, 0.6) is 0 Å². The Kier molecular flexibility index (Phi) is 5.32. The summed E-state index contributed by atoms with van der Waals surface area (Å²) in [6, 6.07) is 9.23. The molecule has 21 heavy (non-hydrogen) atoms. The van der Waals surface area contributed by atoms with Gasteiger partial charge >= 0.3 is 0 Å². The van der Waals surface area contributed by atoms with E-state index in [1.54, 1.807) is 0 Å². The van der Waals surface area contributed by atoms with Crippen LogP contribution in [0, 0.1) is 5.92 Å². The summed E-state index contributed by atoms with van der Waals surface area (Å²) in [7, 11) is 0. The van der Waals surface area contributed by atoms with Crippen LogP contribution in [0.25, 0.3) is 0 Å². The molecule has 118 valence electrons. The monoisotopic (exact) mass is 288 g/mol. The zero-order valence-electron chi connectivity index (χ0n) is 14.2. The van der Waals surface area contributed by atoms with Crippen LogP contribution in [0.1, 0.15) is 58.9 Å². The molecule has 2 heteroatoms. The van der Waals surface area contributed by atoms with E-state index in [0.29, 0.717) is 0 Å². The Balaban J connectivity index is 2.11. The van der Waals surface area contributed by atoms with Crippen LogP contribution in [-0.2, 0) is 5.41 Å². The number of nitrogens with zero attached hydrogens (tertiary/aromatic N) is 1. The van der Waals surface area contributed by atoms with E-state index in [-0.39, 0.29) is 5.41 Å². The standard InChI is InChI=1S/C19H32N2/c1-15(2)13-21(18-7-5-6-8-18)14-19(3,4)16-9-11-17(20)12-10-16/h9-12,15,18H,5-8,13-14,20H2,1-4H3. The van der Waals surface area contributed by atoms with E-state index >= 15 is 0 Å². The van der Waals surface area contributed by atoms with E-state index in [2.05, 4.69) is 44.7 Å². The topological polar surface area (TPSA) is 29.3 Å². The highest BCUT2D eigenvalue weighted by atomic mass is 15.2. The molecule has 0 spiro atoms. The van der Waals surface area contributed by atoms with Gasteiger partial charge in [0.25, 0.3) is 0 Å². The van der Waals surface area contributed by atoms with Gasteiger partial charge in [-0.05, 0) is 36.5 Å². The van der Waals surface area contributed by atoms with Gasteiger partial charge in [-0.2, -0.15) is 0 Å². The van der Waals surface area contributed by atoms with Crippen molar-refractivity contribution in [2.75, 3.05) is 18.8 Å². The lowest BCUT2D eigenvalue weighted by Crippen LogP contribution is -2.44. The first-order valence-electron chi connectivity index (χ1n) is 8.48. The van der Waals surface area contributed by atoms with Crippen molar-refractivity contribution in [1.29, 1.82) is 0 Å². The van der Waals surface area contributed by atoms with Crippen LogP contribution in [-0.4, -0.2) is 24.0 Å². The van der Waals surface area contributed by atoms with Crippen LogP contribution < -0.4 is 5.73 Å². The van der Waals surface area contributed by atoms with Crippen LogP contribution >= 0.6 is 0 Å². The molecule has 1 aromatic rings. The van der Waals surface area contributed by atoms with Crippen molar-refractivity contribution in [3.63, 3.8) is 0 Å². The predicted octanol–water partition coefficient (Wildman–Crippen LogP) is 4.45. The molecule has 0 aliphatic heterocycles. The molecule has 1 saturated carbocycles. The Morgan fingerprint density at radius 3 is 2.24 bits per heavy atom. The Hall–Kier alpha value is -1.02. The average molecular weight is 288 g/mol. The molecule has 0 radical (unpaired) electrons. The van der Waals surface area contributed by atoms with Crippen molar-refractivity contribution < 1.29 is 0 Å². The van der Waals surface area contributed by atoms with Crippen molar-refractivity contribution >= 4 is 5.69 Å². The van der Waals surface area contributed by atoms with Crippen molar-refractivity contribution in [3.05, 3.63) is 29.8 Å². The van der Waals surface area contributed by atoms with Gasteiger partial charge in [-0.3, -0.25) is 4.90 Å². The largest absolute Gasteiger partial charge is 0.399 e. The fraction of sp³-hybridized carbons (Fsp3) is 0.684. The molecule has 1 aliphatic carbocycles. The van der Waals surface area contributed by atoms with Gasteiger partial charge in [0.1, 0.15) is 0 Å². The van der Waals surface area contributed by atoms with Crippen LogP contribution in [0.2, 0.25) is 0 Å². The zero-order valence-corrected chi connectivity index (χ0v) is 14.2. The van der Waals surface area contributed by atoms with Gasteiger partial charge in [-0.1, -0.05) is 52.7 Å². The maximum absolute atomic E-state index is 5.83. The highest BCUT2D eigenvalue weighted by molar-refractivity contribution is 5.41. The van der Waals surface area contributed by atoms with E-state index in [1.165, 1.54) is 37.8 Å². The molecule has 0 saturated heterocycles. The molecule has 2 N–H and O–H groups in total. The maximum atomic E-state index is 5.83. The Morgan fingerprint density at radius 2 is 1.71 bits per heavy atom. The lowest BCUT2D eigenvalue weighted by atomic mass is 9.83. The van der Waals surface area contributed by atoms with Crippen LogP contribution in [0.15, 0.2) is 24.3 Å². The summed E-state index contributed by atoms with van der Waals surface area (Å²) >= 11 is 0. The SMILES string of the molecule is CC(C)CN(CC(C)(C)c1ccc(N)cc1)C1CCCC1. The third kappa shape index (κ3) is 4.47. The highest BCUT2D eigenvalue weighted by Crippen LogP contribution is 2.30. The predicted molar refractivity (Wildman–Crippen MR) is 92.5 cm³/mol. The number of hydrogen-bond acceptors (Lipinski definition) is 2. The first-order valence-corrected chi connectivity index (χ1v) is 8.48. The first kappa shape index (κ1) is 16.4. The third-order valence-electron chi connectivity index (χ3n) is 4.73.